The van der Waals surface area contributed by atoms with Gasteiger partial charge >= 0.3 is 6.09 Å². The lowest BCUT2D eigenvalue weighted by atomic mass is 9.94. The Labute approximate surface area is 121 Å². The van der Waals surface area contributed by atoms with Crippen molar-refractivity contribution in [2.75, 3.05) is 20.1 Å². The molecule has 0 aromatic carbocycles. The second kappa shape index (κ2) is 6.38. The predicted molar refractivity (Wildman–Crippen MR) is 76.7 cm³/mol. The summed E-state index contributed by atoms with van der Waals surface area (Å²) in [5.74, 6) is 0.461. The summed E-state index contributed by atoms with van der Waals surface area (Å²) in [5, 5.41) is 11.0. The molecular formula is C11H18BrN3O2S. The van der Waals surface area contributed by atoms with E-state index in [2.05, 4.69) is 14.9 Å². The predicted octanol–water partition coefficient (Wildman–Crippen LogP) is 2.05. The smallest absolute Gasteiger partial charge is 0.407 e. The van der Waals surface area contributed by atoms with Crippen LogP contribution in [-0.4, -0.2) is 40.8 Å². The molecule has 1 aromatic heterocycles. The molecule has 0 saturated carbocycles. The van der Waals surface area contributed by atoms with Gasteiger partial charge in [-0.15, -0.1) is 28.3 Å². The van der Waals surface area contributed by atoms with Crippen LogP contribution in [0.4, 0.5) is 4.79 Å². The number of carboxylic acid groups (broad SMARTS) is 1. The lowest BCUT2D eigenvalue weighted by Crippen LogP contribution is -2.37. The molecule has 1 aliphatic heterocycles. The third kappa shape index (κ3) is 2.95. The van der Waals surface area contributed by atoms with Gasteiger partial charge in [-0.2, -0.15) is 0 Å². The molecule has 0 aliphatic carbocycles. The van der Waals surface area contributed by atoms with E-state index < -0.39 is 6.09 Å². The molecule has 1 saturated heterocycles. The Kier molecular flexibility index (Phi) is 5.40. The van der Waals surface area contributed by atoms with Gasteiger partial charge in [0.25, 0.3) is 0 Å². The molecule has 1 amide bonds. The minimum atomic E-state index is -0.803. The summed E-state index contributed by atoms with van der Waals surface area (Å²) in [4.78, 5) is 17.5. The van der Waals surface area contributed by atoms with E-state index in [1.54, 1.807) is 18.4 Å². The van der Waals surface area contributed by atoms with Crippen molar-refractivity contribution < 1.29 is 9.90 Å². The second-order valence-corrected chi connectivity index (χ2v) is 5.11. The van der Waals surface area contributed by atoms with Crippen LogP contribution in [-0.2, 0) is 7.05 Å². The van der Waals surface area contributed by atoms with Crippen molar-refractivity contribution in [1.82, 2.24) is 9.47 Å². The third-order valence-electron chi connectivity index (χ3n) is 3.33. The van der Waals surface area contributed by atoms with E-state index in [-0.39, 0.29) is 17.0 Å². The molecular weight excluding hydrogens is 318 g/mol. The van der Waals surface area contributed by atoms with Crippen LogP contribution in [0.2, 0.25) is 0 Å². The third-order valence-corrected chi connectivity index (χ3v) is 4.36. The van der Waals surface area contributed by atoms with Gasteiger partial charge in [-0.25, -0.2) is 4.79 Å². The quantitative estimate of drug-likeness (QED) is 0.853. The van der Waals surface area contributed by atoms with Gasteiger partial charge in [0.15, 0.2) is 4.80 Å². The molecule has 102 valence electrons. The topological polar surface area (TPSA) is 57.8 Å². The largest absolute Gasteiger partial charge is 0.465 e. The average Bonchev–Trinajstić information content (AvgIpc) is 2.70. The minimum Gasteiger partial charge on any atom is -0.465 e. The van der Waals surface area contributed by atoms with E-state index in [0.717, 1.165) is 17.6 Å². The van der Waals surface area contributed by atoms with Gasteiger partial charge in [0.2, 0.25) is 0 Å². The number of piperidine rings is 1. The minimum absolute atomic E-state index is 0. The first kappa shape index (κ1) is 15.2. The van der Waals surface area contributed by atoms with E-state index in [0.29, 0.717) is 19.0 Å². The number of hydrogen-bond acceptors (Lipinski definition) is 3. The number of hydrogen-bond donors (Lipinski definition) is 1. The van der Waals surface area contributed by atoms with Crippen molar-refractivity contribution in [3.05, 3.63) is 15.9 Å². The SMILES string of the molecule is Br.CN=c1scc(C2CCN(C(=O)O)CC2)n1C. The number of nitrogens with zero attached hydrogens (tertiary/aromatic N) is 3. The molecule has 5 nitrogen and oxygen atoms in total. The molecule has 0 unspecified atom stereocenters. The molecule has 18 heavy (non-hydrogen) atoms. The molecule has 1 aromatic rings. The van der Waals surface area contributed by atoms with Crippen LogP contribution in [0.5, 0.6) is 0 Å². The molecule has 1 aliphatic rings. The Morgan fingerprint density at radius 3 is 2.56 bits per heavy atom. The maximum atomic E-state index is 10.8. The summed E-state index contributed by atoms with van der Waals surface area (Å²) in [6.45, 7) is 1.27. The van der Waals surface area contributed by atoms with E-state index in [1.165, 1.54) is 10.6 Å². The van der Waals surface area contributed by atoms with Crippen LogP contribution in [0.1, 0.15) is 24.5 Å². The standard InChI is InChI=1S/C11H17N3O2S.BrH/c1-12-10-13(2)9(7-17-10)8-3-5-14(6-4-8)11(15)16;/h7-8H,3-6H2,1-2H3,(H,15,16);1H. The zero-order valence-corrected chi connectivity index (χ0v) is 13.0. The van der Waals surface area contributed by atoms with Gasteiger partial charge in [0, 0.05) is 44.2 Å². The number of aromatic nitrogens is 1. The number of thiazole rings is 1. The maximum Gasteiger partial charge on any atom is 0.407 e. The van der Waals surface area contributed by atoms with Gasteiger partial charge in [-0.1, -0.05) is 0 Å². The summed E-state index contributed by atoms with van der Waals surface area (Å²) in [7, 11) is 3.82. The van der Waals surface area contributed by atoms with Crippen LogP contribution in [0.15, 0.2) is 10.4 Å². The Balaban J connectivity index is 0.00000162. The van der Waals surface area contributed by atoms with Crippen molar-refractivity contribution in [3.63, 3.8) is 0 Å². The summed E-state index contributed by atoms with van der Waals surface area (Å²) >= 11 is 1.64. The molecule has 0 spiro atoms. The van der Waals surface area contributed by atoms with Gasteiger partial charge in [-0.3, -0.25) is 4.99 Å². The van der Waals surface area contributed by atoms with Crippen LogP contribution >= 0.6 is 28.3 Å². The molecule has 2 rings (SSSR count). The zero-order chi connectivity index (χ0) is 12.4. The highest BCUT2D eigenvalue weighted by Gasteiger charge is 2.25. The Hall–Kier alpha value is -0.820. The summed E-state index contributed by atoms with van der Waals surface area (Å²) in [6, 6.07) is 0. The number of amides is 1. The van der Waals surface area contributed by atoms with Crippen molar-refractivity contribution in [2.24, 2.45) is 12.0 Å². The van der Waals surface area contributed by atoms with Gasteiger partial charge in [-0.05, 0) is 12.8 Å². The molecule has 1 fully saturated rings. The van der Waals surface area contributed by atoms with Crippen molar-refractivity contribution in [2.45, 2.75) is 18.8 Å². The fourth-order valence-electron chi connectivity index (χ4n) is 2.32. The first-order valence-corrected chi connectivity index (χ1v) is 6.56. The number of likely N-dealkylation sites (tertiary alicyclic amines) is 1. The Morgan fingerprint density at radius 1 is 1.50 bits per heavy atom. The monoisotopic (exact) mass is 335 g/mol. The molecule has 7 heteroatoms. The van der Waals surface area contributed by atoms with Crippen LogP contribution in [0.3, 0.4) is 0 Å². The number of halogens is 1. The summed E-state index contributed by atoms with van der Waals surface area (Å²) in [6.07, 6.45) is 1.00. The fraction of sp³-hybridized carbons (Fsp3) is 0.636. The van der Waals surface area contributed by atoms with E-state index in [9.17, 15) is 4.79 Å². The average molecular weight is 336 g/mol. The van der Waals surface area contributed by atoms with Crippen LogP contribution in [0.25, 0.3) is 0 Å². The molecule has 0 atom stereocenters. The molecule has 2 heterocycles. The van der Waals surface area contributed by atoms with Crippen molar-refractivity contribution >= 4 is 34.4 Å². The van der Waals surface area contributed by atoms with E-state index >= 15 is 0 Å². The van der Waals surface area contributed by atoms with Gasteiger partial charge in [0.05, 0.1) is 0 Å². The first-order chi connectivity index (χ1) is 8.13. The van der Waals surface area contributed by atoms with Crippen LogP contribution < -0.4 is 4.80 Å². The number of rotatable bonds is 1. The fourth-order valence-corrected chi connectivity index (χ4v) is 3.27. The van der Waals surface area contributed by atoms with Gasteiger partial charge in [0.1, 0.15) is 0 Å². The van der Waals surface area contributed by atoms with Crippen molar-refractivity contribution in [3.8, 4) is 0 Å². The van der Waals surface area contributed by atoms with Crippen LogP contribution in [0, 0.1) is 0 Å². The highest BCUT2D eigenvalue weighted by Crippen LogP contribution is 2.27. The Morgan fingerprint density at radius 2 is 2.11 bits per heavy atom. The van der Waals surface area contributed by atoms with Gasteiger partial charge < -0.3 is 14.6 Å². The molecule has 0 radical (unpaired) electrons. The second-order valence-electron chi connectivity index (χ2n) is 4.27. The molecule has 1 N–H and O–H groups in total. The van der Waals surface area contributed by atoms with Crippen molar-refractivity contribution in [1.29, 1.82) is 0 Å². The van der Waals surface area contributed by atoms with E-state index in [4.69, 9.17) is 5.11 Å². The zero-order valence-electron chi connectivity index (χ0n) is 10.5. The normalized spacial score (nSPS) is 17.7. The number of carbonyl (C=O) groups is 1. The highest BCUT2D eigenvalue weighted by molar-refractivity contribution is 8.93. The van der Waals surface area contributed by atoms with E-state index in [1.807, 2.05) is 7.05 Å². The summed E-state index contributed by atoms with van der Waals surface area (Å²) < 4.78 is 2.12. The lowest BCUT2D eigenvalue weighted by Gasteiger charge is -2.30. The Bertz CT molecular complexity index is 475. The molecule has 0 bridgehead atoms. The lowest BCUT2D eigenvalue weighted by molar-refractivity contribution is 0.131. The summed E-state index contributed by atoms with van der Waals surface area (Å²) in [5.41, 5.74) is 1.28. The highest BCUT2D eigenvalue weighted by atomic mass is 79.9. The first-order valence-electron chi connectivity index (χ1n) is 5.68. The maximum absolute atomic E-state index is 10.8.